The first-order valence-electron chi connectivity index (χ1n) is 19.5. The van der Waals surface area contributed by atoms with Gasteiger partial charge < -0.3 is 14.4 Å². The third-order valence-corrected chi connectivity index (χ3v) is 8.37. The molecular weight excluding hydrogens is 538 g/mol. The molecule has 0 spiro atoms. The summed E-state index contributed by atoms with van der Waals surface area (Å²) in [5, 5.41) is 0. The average Bonchev–Trinajstić information content (AvgIpc) is 3.01. The highest BCUT2D eigenvalue weighted by Gasteiger charge is 2.10. The summed E-state index contributed by atoms with van der Waals surface area (Å²) < 4.78 is 12.2. The van der Waals surface area contributed by atoms with Gasteiger partial charge in [0.1, 0.15) is 0 Å². The Kier molecular flexibility index (Phi) is 37.5. The zero-order valence-corrected chi connectivity index (χ0v) is 30.5. The minimum Gasteiger partial charge on any atom is -0.379 e. The highest BCUT2D eigenvalue weighted by molar-refractivity contribution is 4.92. The second kappa shape index (κ2) is 38.3. The average molecular weight is 618 g/mol. The zero-order chi connectivity index (χ0) is 32.0. The van der Waals surface area contributed by atoms with Crippen LogP contribution >= 0.6 is 0 Å². The van der Waals surface area contributed by atoms with Gasteiger partial charge in [-0.05, 0) is 84.7 Å². The van der Waals surface area contributed by atoms with Gasteiger partial charge in [-0.15, -0.1) is 0 Å². The fourth-order valence-corrected chi connectivity index (χ4v) is 5.57. The van der Waals surface area contributed by atoms with Crippen molar-refractivity contribution in [2.75, 3.05) is 40.5 Å². The van der Waals surface area contributed by atoms with Gasteiger partial charge in [0.15, 0.2) is 0 Å². The molecular formula is C41H79NO2. The summed E-state index contributed by atoms with van der Waals surface area (Å²) in [7, 11) is 4.25. The molecule has 3 heteroatoms. The van der Waals surface area contributed by atoms with Crippen LogP contribution in [-0.4, -0.2) is 51.5 Å². The highest BCUT2D eigenvalue weighted by Crippen LogP contribution is 2.11. The zero-order valence-electron chi connectivity index (χ0n) is 30.5. The first-order chi connectivity index (χ1) is 21.7. The summed E-state index contributed by atoms with van der Waals surface area (Å²) in [6, 6.07) is 0. The molecule has 0 amide bonds. The standard InChI is InChI=1S/C41H79NO2/c1-5-7-9-11-13-15-17-19-21-23-25-27-29-31-33-35-37-43-40-41(39-42(3)4)44-38-36-34-32-30-28-26-24-22-20-18-16-14-12-10-8-6-2/h14,16,19-22,41H,5-13,15,17-18,23-40H2,1-4H3/b16-14-,21-19-,22-20-. The third kappa shape index (κ3) is 37.3. The van der Waals surface area contributed by atoms with Gasteiger partial charge in [0, 0.05) is 19.8 Å². The maximum atomic E-state index is 6.22. The molecule has 0 saturated heterocycles. The van der Waals surface area contributed by atoms with Crippen LogP contribution in [0.3, 0.4) is 0 Å². The van der Waals surface area contributed by atoms with Gasteiger partial charge >= 0.3 is 0 Å². The van der Waals surface area contributed by atoms with Gasteiger partial charge in [0.25, 0.3) is 0 Å². The van der Waals surface area contributed by atoms with Gasteiger partial charge in [-0.25, -0.2) is 0 Å². The first-order valence-corrected chi connectivity index (χ1v) is 19.5. The monoisotopic (exact) mass is 618 g/mol. The van der Waals surface area contributed by atoms with Crippen LogP contribution in [0.15, 0.2) is 36.5 Å². The van der Waals surface area contributed by atoms with Crippen LogP contribution in [0.25, 0.3) is 0 Å². The molecule has 0 aromatic heterocycles. The van der Waals surface area contributed by atoms with E-state index in [0.717, 1.165) is 32.8 Å². The SMILES string of the molecule is CCCCC/C=C\C/C=C\CCCCCCCCOC(COCCCCCCCC/C=C\CCCCCCCC)CN(C)C. The van der Waals surface area contributed by atoms with Crippen molar-refractivity contribution in [1.82, 2.24) is 4.90 Å². The molecule has 0 rings (SSSR count). The molecule has 260 valence electrons. The number of nitrogens with zero attached hydrogens (tertiary/aromatic N) is 1. The van der Waals surface area contributed by atoms with Gasteiger partial charge in [-0.2, -0.15) is 0 Å². The van der Waals surface area contributed by atoms with Crippen molar-refractivity contribution in [3.05, 3.63) is 36.5 Å². The summed E-state index contributed by atoms with van der Waals surface area (Å²) in [5.74, 6) is 0. The van der Waals surface area contributed by atoms with E-state index in [1.54, 1.807) is 0 Å². The Balaban J connectivity index is 3.55. The van der Waals surface area contributed by atoms with E-state index in [0.29, 0.717) is 0 Å². The molecule has 0 N–H and O–H groups in total. The maximum Gasteiger partial charge on any atom is 0.0934 e. The molecule has 0 fully saturated rings. The second-order valence-electron chi connectivity index (χ2n) is 13.4. The molecule has 0 aromatic rings. The molecule has 0 saturated carbocycles. The number of likely N-dealkylation sites (N-methyl/N-ethyl adjacent to an activating group) is 1. The number of rotatable bonds is 36. The van der Waals surface area contributed by atoms with Crippen LogP contribution in [0, 0.1) is 0 Å². The minimum absolute atomic E-state index is 0.192. The summed E-state index contributed by atoms with van der Waals surface area (Å²) in [5.41, 5.74) is 0. The van der Waals surface area contributed by atoms with Crippen molar-refractivity contribution in [1.29, 1.82) is 0 Å². The molecule has 0 aromatic carbocycles. The molecule has 0 aliphatic heterocycles. The van der Waals surface area contributed by atoms with E-state index in [1.807, 2.05) is 0 Å². The number of ether oxygens (including phenoxy) is 2. The van der Waals surface area contributed by atoms with Gasteiger partial charge in [-0.1, -0.05) is 147 Å². The van der Waals surface area contributed by atoms with Crippen LogP contribution in [0.1, 0.15) is 181 Å². The van der Waals surface area contributed by atoms with Gasteiger partial charge in [0.2, 0.25) is 0 Å². The van der Waals surface area contributed by atoms with E-state index < -0.39 is 0 Å². The van der Waals surface area contributed by atoms with Crippen LogP contribution in [-0.2, 0) is 9.47 Å². The summed E-state index contributed by atoms with van der Waals surface area (Å²) >= 11 is 0. The van der Waals surface area contributed by atoms with Crippen LogP contribution in [0.4, 0.5) is 0 Å². The van der Waals surface area contributed by atoms with Crippen molar-refractivity contribution < 1.29 is 9.47 Å². The first kappa shape index (κ1) is 43.1. The quantitative estimate of drug-likeness (QED) is 0.0515. The van der Waals surface area contributed by atoms with Crippen molar-refractivity contribution >= 4 is 0 Å². The van der Waals surface area contributed by atoms with E-state index in [2.05, 4.69) is 69.3 Å². The molecule has 1 unspecified atom stereocenters. The Morgan fingerprint density at radius 3 is 1.34 bits per heavy atom. The van der Waals surface area contributed by atoms with Gasteiger partial charge in [0.05, 0.1) is 12.7 Å². The number of allylic oxidation sites excluding steroid dienone is 6. The van der Waals surface area contributed by atoms with E-state index >= 15 is 0 Å². The van der Waals surface area contributed by atoms with E-state index in [9.17, 15) is 0 Å². The minimum atomic E-state index is 0.192. The summed E-state index contributed by atoms with van der Waals surface area (Å²) in [4.78, 5) is 2.22. The highest BCUT2D eigenvalue weighted by atomic mass is 16.5. The largest absolute Gasteiger partial charge is 0.379 e. The van der Waals surface area contributed by atoms with E-state index in [-0.39, 0.29) is 6.10 Å². The molecule has 0 aliphatic rings. The second-order valence-corrected chi connectivity index (χ2v) is 13.4. The summed E-state index contributed by atoms with van der Waals surface area (Å²) in [6.07, 6.45) is 48.7. The molecule has 0 aliphatic carbocycles. The van der Waals surface area contributed by atoms with E-state index in [4.69, 9.17) is 9.47 Å². The molecule has 0 radical (unpaired) electrons. The fraction of sp³-hybridized carbons (Fsp3) is 0.854. The Bertz CT molecular complexity index is 612. The summed E-state index contributed by atoms with van der Waals surface area (Å²) in [6.45, 7) is 7.96. The van der Waals surface area contributed by atoms with Crippen molar-refractivity contribution in [3.63, 3.8) is 0 Å². The Hall–Kier alpha value is -0.900. The van der Waals surface area contributed by atoms with Crippen LogP contribution in [0.2, 0.25) is 0 Å². The molecule has 44 heavy (non-hydrogen) atoms. The van der Waals surface area contributed by atoms with Crippen molar-refractivity contribution in [2.45, 2.75) is 187 Å². The predicted octanol–water partition coefficient (Wildman–Crippen LogP) is 12.8. The molecule has 0 bridgehead atoms. The van der Waals surface area contributed by atoms with Gasteiger partial charge in [-0.3, -0.25) is 0 Å². The fourth-order valence-electron chi connectivity index (χ4n) is 5.57. The number of hydrogen-bond acceptors (Lipinski definition) is 3. The van der Waals surface area contributed by atoms with Crippen molar-refractivity contribution in [3.8, 4) is 0 Å². The lowest BCUT2D eigenvalue weighted by atomic mass is 10.1. The normalized spacial score (nSPS) is 13.0. The van der Waals surface area contributed by atoms with Crippen LogP contribution in [0.5, 0.6) is 0 Å². The molecule has 1 atom stereocenters. The Morgan fingerprint density at radius 1 is 0.455 bits per heavy atom. The third-order valence-electron chi connectivity index (χ3n) is 8.37. The number of hydrogen-bond donors (Lipinski definition) is 0. The van der Waals surface area contributed by atoms with E-state index in [1.165, 1.54) is 161 Å². The van der Waals surface area contributed by atoms with Crippen LogP contribution < -0.4 is 0 Å². The topological polar surface area (TPSA) is 21.7 Å². The predicted molar refractivity (Wildman–Crippen MR) is 198 cm³/mol. The Labute approximate surface area is 277 Å². The molecule has 0 heterocycles. The lowest BCUT2D eigenvalue weighted by molar-refractivity contribution is -0.0287. The number of unbranched alkanes of at least 4 members (excludes halogenated alkanes) is 21. The Morgan fingerprint density at radius 2 is 0.841 bits per heavy atom. The maximum absolute atomic E-state index is 6.22. The molecule has 3 nitrogen and oxygen atoms in total. The smallest absolute Gasteiger partial charge is 0.0934 e. The lowest BCUT2D eigenvalue weighted by Crippen LogP contribution is -2.32. The lowest BCUT2D eigenvalue weighted by Gasteiger charge is -2.21. The van der Waals surface area contributed by atoms with Crippen molar-refractivity contribution in [2.24, 2.45) is 0 Å².